The Bertz CT molecular complexity index is 648. The molecule has 0 unspecified atom stereocenters. The first-order valence-corrected chi connectivity index (χ1v) is 8.66. The molecular formula is C14H19F3N2O4S. The minimum Gasteiger partial charge on any atom is -0.382 e. The summed E-state index contributed by atoms with van der Waals surface area (Å²) in [6.07, 6.45) is -4.08. The van der Waals surface area contributed by atoms with Crippen LogP contribution in [0.15, 0.2) is 29.2 Å². The molecule has 1 aromatic rings. The lowest BCUT2D eigenvalue weighted by Gasteiger charge is -2.10. The van der Waals surface area contributed by atoms with Gasteiger partial charge < -0.3 is 10.1 Å². The predicted octanol–water partition coefficient (Wildman–Crippen LogP) is 1.53. The second-order valence-corrected chi connectivity index (χ2v) is 6.52. The molecule has 2 N–H and O–H groups in total. The number of carbonyl (C=O) groups is 1. The maximum Gasteiger partial charge on any atom is 0.416 e. The Morgan fingerprint density at radius 3 is 2.62 bits per heavy atom. The van der Waals surface area contributed by atoms with E-state index >= 15 is 0 Å². The van der Waals surface area contributed by atoms with Crippen molar-refractivity contribution in [1.29, 1.82) is 0 Å². The van der Waals surface area contributed by atoms with Gasteiger partial charge in [-0.1, -0.05) is 6.07 Å². The third-order valence-electron chi connectivity index (χ3n) is 2.89. The van der Waals surface area contributed by atoms with Crippen molar-refractivity contribution in [1.82, 2.24) is 10.0 Å². The average molecular weight is 368 g/mol. The number of hydrogen-bond acceptors (Lipinski definition) is 4. The molecule has 1 amide bonds. The Hall–Kier alpha value is -1.65. The van der Waals surface area contributed by atoms with E-state index in [1.54, 1.807) is 0 Å². The fraction of sp³-hybridized carbons (Fsp3) is 0.500. The fourth-order valence-corrected chi connectivity index (χ4v) is 2.72. The van der Waals surface area contributed by atoms with Gasteiger partial charge in [0.2, 0.25) is 15.9 Å². The number of ether oxygens (including phenoxy) is 1. The van der Waals surface area contributed by atoms with E-state index in [1.165, 1.54) is 0 Å². The van der Waals surface area contributed by atoms with Gasteiger partial charge in [-0.25, -0.2) is 13.1 Å². The highest BCUT2D eigenvalue weighted by Gasteiger charge is 2.31. The largest absolute Gasteiger partial charge is 0.416 e. The molecule has 136 valence electrons. The number of amides is 1. The molecule has 0 spiro atoms. The van der Waals surface area contributed by atoms with Crippen LogP contribution in [0.4, 0.5) is 13.2 Å². The maximum atomic E-state index is 12.6. The summed E-state index contributed by atoms with van der Waals surface area (Å²) >= 11 is 0. The number of benzene rings is 1. The summed E-state index contributed by atoms with van der Waals surface area (Å²) in [4.78, 5) is 11.0. The summed E-state index contributed by atoms with van der Waals surface area (Å²) in [6, 6.07) is 3.30. The van der Waals surface area contributed by atoms with Gasteiger partial charge in [0.05, 0.1) is 17.0 Å². The SMILES string of the molecule is CCOCCCNC(=O)CNS(=O)(=O)c1cccc(C(F)(F)F)c1. The highest BCUT2D eigenvalue weighted by atomic mass is 32.2. The van der Waals surface area contributed by atoms with Gasteiger partial charge in [0, 0.05) is 19.8 Å². The van der Waals surface area contributed by atoms with E-state index in [1.807, 2.05) is 11.6 Å². The highest BCUT2D eigenvalue weighted by Crippen LogP contribution is 2.30. The number of carbonyl (C=O) groups excluding carboxylic acids is 1. The molecule has 0 aliphatic heterocycles. The molecule has 0 bridgehead atoms. The molecule has 0 heterocycles. The summed E-state index contributed by atoms with van der Waals surface area (Å²) in [5, 5.41) is 2.48. The Balaban J connectivity index is 2.56. The first-order valence-electron chi connectivity index (χ1n) is 7.18. The van der Waals surface area contributed by atoms with Gasteiger partial charge in [-0.2, -0.15) is 13.2 Å². The highest BCUT2D eigenvalue weighted by molar-refractivity contribution is 7.89. The summed E-state index contributed by atoms with van der Waals surface area (Å²) in [5.74, 6) is -0.581. The van der Waals surface area contributed by atoms with Crippen LogP contribution in [0, 0.1) is 0 Å². The Kier molecular flexibility index (Phi) is 7.64. The van der Waals surface area contributed by atoms with Crippen LogP contribution in [0.25, 0.3) is 0 Å². The maximum absolute atomic E-state index is 12.6. The number of sulfonamides is 1. The molecule has 0 saturated carbocycles. The van der Waals surface area contributed by atoms with E-state index in [0.29, 0.717) is 32.2 Å². The lowest BCUT2D eigenvalue weighted by Crippen LogP contribution is -2.37. The van der Waals surface area contributed by atoms with Crippen LogP contribution in [0.2, 0.25) is 0 Å². The van der Waals surface area contributed by atoms with Crippen LogP contribution < -0.4 is 10.0 Å². The zero-order chi connectivity index (χ0) is 18.2. The van der Waals surface area contributed by atoms with E-state index in [2.05, 4.69) is 5.32 Å². The number of hydrogen-bond donors (Lipinski definition) is 2. The van der Waals surface area contributed by atoms with E-state index in [9.17, 15) is 26.4 Å². The zero-order valence-corrected chi connectivity index (χ0v) is 13.8. The van der Waals surface area contributed by atoms with E-state index in [-0.39, 0.29) is 0 Å². The third-order valence-corrected chi connectivity index (χ3v) is 4.29. The fourth-order valence-electron chi connectivity index (χ4n) is 1.69. The lowest BCUT2D eigenvalue weighted by atomic mass is 10.2. The van der Waals surface area contributed by atoms with Crippen LogP contribution in [0.5, 0.6) is 0 Å². The number of nitrogens with one attached hydrogen (secondary N) is 2. The first-order chi connectivity index (χ1) is 11.2. The molecule has 0 radical (unpaired) electrons. The number of rotatable bonds is 9. The second kappa shape index (κ2) is 9.00. The van der Waals surface area contributed by atoms with Crippen molar-refractivity contribution in [3.63, 3.8) is 0 Å². The Morgan fingerprint density at radius 2 is 2.00 bits per heavy atom. The molecular weight excluding hydrogens is 349 g/mol. The van der Waals surface area contributed by atoms with Gasteiger partial charge in [-0.3, -0.25) is 4.79 Å². The summed E-state index contributed by atoms with van der Waals surface area (Å²) < 4.78 is 68.8. The summed E-state index contributed by atoms with van der Waals surface area (Å²) in [5.41, 5.74) is -1.08. The monoisotopic (exact) mass is 368 g/mol. The van der Waals surface area contributed by atoms with Gasteiger partial charge in [0.25, 0.3) is 0 Å². The molecule has 1 rings (SSSR count). The van der Waals surface area contributed by atoms with Crippen molar-refractivity contribution in [2.75, 3.05) is 26.3 Å². The van der Waals surface area contributed by atoms with E-state index in [4.69, 9.17) is 4.74 Å². The molecule has 6 nitrogen and oxygen atoms in total. The van der Waals surface area contributed by atoms with Crippen molar-refractivity contribution in [2.45, 2.75) is 24.4 Å². The van der Waals surface area contributed by atoms with Crippen LogP contribution in [-0.2, 0) is 25.7 Å². The normalized spacial score (nSPS) is 12.2. The van der Waals surface area contributed by atoms with Gasteiger partial charge in [-0.05, 0) is 31.5 Å². The van der Waals surface area contributed by atoms with Crippen LogP contribution in [0.3, 0.4) is 0 Å². The number of halogens is 3. The zero-order valence-electron chi connectivity index (χ0n) is 13.0. The minimum atomic E-state index is -4.65. The van der Waals surface area contributed by atoms with Gasteiger partial charge in [0.15, 0.2) is 0 Å². The molecule has 0 atom stereocenters. The minimum absolute atomic E-state index is 0.310. The molecule has 0 fully saturated rings. The van der Waals surface area contributed by atoms with Crippen LogP contribution >= 0.6 is 0 Å². The first kappa shape index (κ1) is 20.4. The van der Waals surface area contributed by atoms with Crippen molar-refractivity contribution >= 4 is 15.9 Å². The topological polar surface area (TPSA) is 84.5 Å². The average Bonchev–Trinajstić information content (AvgIpc) is 2.52. The molecule has 10 heteroatoms. The van der Waals surface area contributed by atoms with Crippen molar-refractivity contribution < 1.29 is 31.1 Å². The van der Waals surface area contributed by atoms with Gasteiger partial charge in [-0.15, -0.1) is 0 Å². The molecule has 0 aliphatic carbocycles. The Morgan fingerprint density at radius 1 is 1.29 bits per heavy atom. The molecule has 0 aliphatic rings. The Labute approximate surface area is 138 Å². The van der Waals surface area contributed by atoms with Crippen molar-refractivity contribution in [3.05, 3.63) is 29.8 Å². The second-order valence-electron chi connectivity index (χ2n) is 4.75. The standard InChI is InChI=1S/C14H19F3N2O4S/c1-2-23-8-4-7-18-13(20)10-19-24(21,22)12-6-3-5-11(9-12)14(15,16)17/h3,5-6,9,19H,2,4,7-8,10H2,1H3,(H,18,20). The lowest BCUT2D eigenvalue weighted by molar-refractivity contribution is -0.137. The van der Waals surface area contributed by atoms with Crippen molar-refractivity contribution in [3.8, 4) is 0 Å². The van der Waals surface area contributed by atoms with E-state index < -0.39 is 39.1 Å². The third kappa shape index (κ3) is 6.85. The van der Waals surface area contributed by atoms with Crippen LogP contribution in [0.1, 0.15) is 18.9 Å². The van der Waals surface area contributed by atoms with E-state index in [0.717, 1.165) is 18.2 Å². The molecule has 24 heavy (non-hydrogen) atoms. The quantitative estimate of drug-likeness (QED) is 0.648. The molecule has 0 saturated heterocycles. The summed E-state index contributed by atoms with van der Waals surface area (Å²) in [6.45, 7) is 2.61. The van der Waals surface area contributed by atoms with Gasteiger partial charge in [0.1, 0.15) is 0 Å². The van der Waals surface area contributed by atoms with Gasteiger partial charge >= 0.3 is 6.18 Å². The smallest absolute Gasteiger partial charge is 0.382 e. The molecule has 0 aromatic heterocycles. The molecule has 1 aromatic carbocycles. The number of alkyl halides is 3. The van der Waals surface area contributed by atoms with Crippen molar-refractivity contribution in [2.24, 2.45) is 0 Å². The summed E-state index contributed by atoms with van der Waals surface area (Å²) in [7, 11) is -4.21. The predicted molar refractivity (Wildman–Crippen MR) is 80.8 cm³/mol. The van der Waals surface area contributed by atoms with Crippen LogP contribution in [-0.4, -0.2) is 40.6 Å².